The number of halogens is 5. The third kappa shape index (κ3) is 6.94. The lowest BCUT2D eigenvalue weighted by molar-refractivity contribution is -0.143. The number of anilines is 1. The van der Waals surface area contributed by atoms with Gasteiger partial charge in [-0.3, -0.25) is 9.59 Å². The zero-order chi connectivity index (χ0) is 29.9. The normalized spacial score (nSPS) is 11.5. The minimum Gasteiger partial charge on any atom is -0.466 e. The first-order valence-electron chi connectivity index (χ1n) is 12.5. The summed E-state index contributed by atoms with van der Waals surface area (Å²) in [6.45, 7) is 3.67. The Bertz CT molecular complexity index is 1700. The quantitative estimate of drug-likeness (QED) is 0.133. The number of fused-ring (bicyclic) bond motifs is 1. The fourth-order valence-electron chi connectivity index (χ4n) is 4.43. The smallest absolute Gasteiger partial charge is 0.418 e. The molecule has 6 nitrogen and oxygen atoms in total. The van der Waals surface area contributed by atoms with Gasteiger partial charge < -0.3 is 14.5 Å². The van der Waals surface area contributed by atoms with Gasteiger partial charge in [0.1, 0.15) is 11.4 Å². The van der Waals surface area contributed by atoms with Crippen LogP contribution in [0, 0.1) is 12.7 Å². The van der Waals surface area contributed by atoms with E-state index in [-0.39, 0.29) is 36.2 Å². The molecule has 41 heavy (non-hydrogen) atoms. The van der Waals surface area contributed by atoms with Crippen molar-refractivity contribution in [3.63, 3.8) is 0 Å². The van der Waals surface area contributed by atoms with Crippen LogP contribution in [0.1, 0.15) is 35.6 Å². The van der Waals surface area contributed by atoms with Gasteiger partial charge in [0.25, 0.3) is 0 Å². The minimum atomic E-state index is -4.93. The second-order valence-corrected chi connectivity index (χ2v) is 9.67. The van der Waals surface area contributed by atoms with Crippen molar-refractivity contribution in [2.75, 3.05) is 11.9 Å². The molecule has 0 saturated heterocycles. The van der Waals surface area contributed by atoms with E-state index in [1.807, 2.05) is 0 Å². The fraction of sp³-hybridized carbons (Fsp3) is 0.233. The Morgan fingerprint density at radius 1 is 1.07 bits per heavy atom. The third-order valence-corrected chi connectivity index (χ3v) is 6.73. The van der Waals surface area contributed by atoms with E-state index in [2.05, 4.69) is 5.32 Å². The molecule has 0 unspecified atom stereocenters. The molecule has 4 rings (SSSR count). The van der Waals surface area contributed by atoms with Crippen LogP contribution in [-0.4, -0.2) is 18.5 Å². The van der Waals surface area contributed by atoms with Gasteiger partial charge in [-0.25, -0.2) is 9.18 Å². The maximum absolute atomic E-state index is 13.5. The van der Waals surface area contributed by atoms with Crippen LogP contribution >= 0.6 is 11.6 Å². The largest absolute Gasteiger partial charge is 0.466 e. The number of amides is 1. The number of ether oxygens (including phenoxy) is 1. The van der Waals surface area contributed by atoms with Crippen LogP contribution in [0.15, 0.2) is 63.8 Å². The summed E-state index contributed by atoms with van der Waals surface area (Å²) < 4.78 is 64.4. The van der Waals surface area contributed by atoms with Crippen molar-refractivity contribution in [3.8, 4) is 11.1 Å². The molecule has 0 bridgehead atoms. The summed E-state index contributed by atoms with van der Waals surface area (Å²) in [6.07, 6.45) is -5.13. The highest BCUT2D eigenvalue weighted by Gasteiger charge is 2.34. The van der Waals surface area contributed by atoms with E-state index < -0.39 is 41.2 Å². The average Bonchev–Trinajstić information content (AvgIpc) is 2.90. The van der Waals surface area contributed by atoms with Gasteiger partial charge in [-0.05, 0) is 67.3 Å². The van der Waals surface area contributed by atoms with Crippen LogP contribution in [0.3, 0.4) is 0 Å². The molecule has 0 saturated carbocycles. The zero-order valence-electron chi connectivity index (χ0n) is 22.0. The van der Waals surface area contributed by atoms with Gasteiger partial charge in [-0.2, -0.15) is 13.2 Å². The number of alkyl halides is 3. The molecule has 11 heteroatoms. The van der Waals surface area contributed by atoms with Crippen molar-refractivity contribution in [3.05, 3.63) is 98.1 Å². The van der Waals surface area contributed by atoms with Crippen LogP contribution in [0.5, 0.6) is 0 Å². The molecule has 0 spiro atoms. The van der Waals surface area contributed by atoms with Crippen LogP contribution in [0.25, 0.3) is 22.1 Å². The van der Waals surface area contributed by atoms with E-state index in [9.17, 15) is 31.9 Å². The van der Waals surface area contributed by atoms with Gasteiger partial charge in [0, 0.05) is 22.4 Å². The maximum Gasteiger partial charge on any atom is 0.418 e. The molecule has 0 aliphatic heterocycles. The number of carbonyl (C=O) groups excluding carboxylic acids is 2. The van der Waals surface area contributed by atoms with Crippen LogP contribution in [0.2, 0.25) is 5.02 Å². The highest BCUT2D eigenvalue weighted by Crippen LogP contribution is 2.37. The average molecular weight is 590 g/mol. The number of nitrogens with one attached hydrogen (secondary N) is 1. The zero-order valence-corrected chi connectivity index (χ0v) is 22.7. The van der Waals surface area contributed by atoms with Crippen molar-refractivity contribution in [1.29, 1.82) is 0 Å². The molecule has 214 valence electrons. The Kier molecular flexibility index (Phi) is 8.82. The number of hydrogen-bond donors (Lipinski definition) is 1. The summed E-state index contributed by atoms with van der Waals surface area (Å²) in [7, 11) is 0. The maximum atomic E-state index is 13.5. The SMILES string of the molecule is CCOC(=O)CCc1cccc(-c2c(CC(=O)Nc3ccc(F)cc3C(F)(F)F)c(=O)oc3cc(C)c(Cl)cc23)c1. The molecule has 1 amide bonds. The first-order valence-corrected chi connectivity index (χ1v) is 12.9. The van der Waals surface area contributed by atoms with E-state index in [4.69, 9.17) is 20.8 Å². The Morgan fingerprint density at radius 3 is 2.54 bits per heavy atom. The fourth-order valence-corrected chi connectivity index (χ4v) is 4.59. The molecule has 0 fully saturated rings. The summed E-state index contributed by atoms with van der Waals surface area (Å²) >= 11 is 6.38. The van der Waals surface area contributed by atoms with Gasteiger partial charge >= 0.3 is 17.8 Å². The molecule has 1 aromatic heterocycles. The lowest BCUT2D eigenvalue weighted by Gasteiger charge is -2.16. The van der Waals surface area contributed by atoms with Gasteiger partial charge in [0.05, 0.1) is 29.8 Å². The number of hydrogen-bond acceptors (Lipinski definition) is 5. The van der Waals surface area contributed by atoms with Gasteiger partial charge in [0.2, 0.25) is 5.91 Å². The van der Waals surface area contributed by atoms with Crippen LogP contribution in [0.4, 0.5) is 23.2 Å². The van der Waals surface area contributed by atoms with E-state index >= 15 is 0 Å². The molecule has 1 heterocycles. The Labute approximate surface area is 236 Å². The number of carbonyl (C=O) groups is 2. The Hall–Kier alpha value is -4.18. The number of benzene rings is 3. The molecular formula is C30H24ClF4NO5. The summed E-state index contributed by atoms with van der Waals surface area (Å²) in [6, 6.07) is 11.9. The third-order valence-electron chi connectivity index (χ3n) is 6.32. The van der Waals surface area contributed by atoms with Crippen LogP contribution < -0.4 is 10.9 Å². The standard InChI is InChI=1S/C30H24ClF4NO5/c1-3-40-27(38)10-7-17-5-4-6-18(12-17)28-20-14-23(31)16(2)11-25(20)41-29(39)21(28)15-26(37)36-24-9-8-19(32)13-22(24)30(33,34)35/h4-6,8-9,11-14H,3,7,10,15H2,1-2H3,(H,36,37). The molecule has 3 aromatic carbocycles. The van der Waals surface area contributed by atoms with E-state index in [0.717, 1.165) is 17.7 Å². The van der Waals surface area contributed by atoms with E-state index in [0.29, 0.717) is 33.5 Å². The van der Waals surface area contributed by atoms with E-state index in [1.165, 1.54) is 0 Å². The first kappa shape index (κ1) is 29.8. The Morgan fingerprint density at radius 2 is 1.83 bits per heavy atom. The van der Waals surface area contributed by atoms with Crippen LogP contribution in [-0.2, 0) is 33.3 Å². The second-order valence-electron chi connectivity index (χ2n) is 9.26. The molecule has 0 aliphatic carbocycles. The highest BCUT2D eigenvalue weighted by atomic mass is 35.5. The predicted molar refractivity (Wildman–Crippen MR) is 146 cm³/mol. The molecule has 1 N–H and O–H groups in total. The number of rotatable bonds is 8. The van der Waals surface area contributed by atoms with Crippen molar-refractivity contribution in [2.24, 2.45) is 0 Å². The molecule has 0 atom stereocenters. The van der Waals surface area contributed by atoms with Crippen molar-refractivity contribution in [1.82, 2.24) is 0 Å². The summed E-state index contributed by atoms with van der Waals surface area (Å²) in [5.74, 6) is -2.45. The minimum absolute atomic E-state index is 0.117. The molecular weight excluding hydrogens is 566 g/mol. The highest BCUT2D eigenvalue weighted by molar-refractivity contribution is 6.32. The molecule has 0 aliphatic rings. The van der Waals surface area contributed by atoms with Gasteiger partial charge in [-0.15, -0.1) is 0 Å². The van der Waals surface area contributed by atoms with Gasteiger partial charge in [0.15, 0.2) is 0 Å². The summed E-state index contributed by atoms with van der Waals surface area (Å²) in [4.78, 5) is 38.1. The van der Waals surface area contributed by atoms with Crippen molar-refractivity contribution >= 4 is 40.1 Å². The van der Waals surface area contributed by atoms with Crippen molar-refractivity contribution < 1.29 is 36.3 Å². The van der Waals surface area contributed by atoms with Crippen molar-refractivity contribution in [2.45, 2.75) is 39.3 Å². The number of aryl methyl sites for hydroxylation is 2. The lowest BCUT2D eigenvalue weighted by Crippen LogP contribution is -2.22. The van der Waals surface area contributed by atoms with E-state index in [1.54, 1.807) is 50.2 Å². The summed E-state index contributed by atoms with van der Waals surface area (Å²) in [5.41, 5.74) is -0.616. The lowest BCUT2D eigenvalue weighted by atomic mass is 9.93. The first-order chi connectivity index (χ1) is 19.4. The number of esters is 1. The molecule has 0 radical (unpaired) electrons. The monoisotopic (exact) mass is 589 g/mol. The second kappa shape index (κ2) is 12.1. The van der Waals surface area contributed by atoms with Gasteiger partial charge in [-0.1, -0.05) is 35.9 Å². The Balaban J connectivity index is 1.79. The predicted octanol–water partition coefficient (Wildman–Crippen LogP) is 7.26. The topological polar surface area (TPSA) is 85.6 Å². The molecule has 4 aromatic rings. The summed E-state index contributed by atoms with van der Waals surface area (Å²) in [5, 5.41) is 2.91.